The Kier molecular flexibility index (Phi) is 20.4. The maximum Gasteiger partial charge on any atom is 0.373 e. The standard InChI is InChI=1S/C22H28O7S.C22H26O7S/c2*1-4-26-21(22(23)27-5-2)16-18-7-6-8-20(15-18)28-14-13-17-9-11-19(12-10-17)29-30(3,24)25/h6-12,15,21H,4-5,13-14,16H2,1-3H3;6-12,15-16H,4-5,13-14H2,1-3H3. The summed E-state index contributed by atoms with van der Waals surface area (Å²) in [6.45, 7) is 9.38. The Bertz CT molecular complexity index is 2180. The van der Waals surface area contributed by atoms with Gasteiger partial charge in [-0.05, 0) is 105 Å². The summed E-state index contributed by atoms with van der Waals surface area (Å²) in [6, 6.07) is 28.4. The minimum Gasteiger partial charge on any atom is -0.493 e. The van der Waals surface area contributed by atoms with Crippen LogP contribution >= 0.6 is 0 Å². The van der Waals surface area contributed by atoms with Gasteiger partial charge in [0.25, 0.3) is 0 Å². The van der Waals surface area contributed by atoms with Gasteiger partial charge in [-0.1, -0.05) is 48.5 Å². The summed E-state index contributed by atoms with van der Waals surface area (Å²) in [7, 11) is -7.07. The molecule has 1 atom stereocenters. The van der Waals surface area contributed by atoms with E-state index >= 15 is 0 Å². The predicted octanol–water partition coefficient (Wildman–Crippen LogP) is 6.74. The molecule has 16 heteroatoms. The highest BCUT2D eigenvalue weighted by Crippen LogP contribution is 2.20. The Balaban J connectivity index is 0.000000320. The fourth-order valence-corrected chi connectivity index (χ4v) is 6.25. The first-order valence-electron chi connectivity index (χ1n) is 19.3. The van der Waals surface area contributed by atoms with Crippen molar-refractivity contribution < 1.29 is 63.2 Å². The highest BCUT2D eigenvalue weighted by atomic mass is 32.2. The molecule has 0 fully saturated rings. The molecule has 0 aliphatic rings. The molecule has 0 saturated carbocycles. The van der Waals surface area contributed by atoms with E-state index in [9.17, 15) is 26.4 Å². The van der Waals surface area contributed by atoms with Crippen molar-refractivity contribution in [3.05, 3.63) is 125 Å². The van der Waals surface area contributed by atoms with Crippen molar-refractivity contribution in [2.24, 2.45) is 0 Å². The topological polar surface area (TPSA) is 176 Å². The Hall–Kier alpha value is -5.58. The van der Waals surface area contributed by atoms with Crippen LogP contribution in [0.25, 0.3) is 6.08 Å². The molecule has 1 unspecified atom stereocenters. The molecule has 0 spiro atoms. The molecule has 326 valence electrons. The van der Waals surface area contributed by atoms with Gasteiger partial charge in [0.2, 0.25) is 5.76 Å². The van der Waals surface area contributed by atoms with E-state index in [0.29, 0.717) is 63.8 Å². The summed E-state index contributed by atoms with van der Waals surface area (Å²) >= 11 is 0. The normalized spacial score (nSPS) is 11.9. The molecule has 0 amide bonds. The summed E-state index contributed by atoms with van der Waals surface area (Å²) in [6.07, 6.45) is 4.67. The van der Waals surface area contributed by atoms with Crippen molar-refractivity contribution in [2.75, 3.05) is 52.2 Å². The third-order valence-corrected chi connectivity index (χ3v) is 8.82. The smallest absolute Gasteiger partial charge is 0.373 e. The van der Waals surface area contributed by atoms with E-state index in [1.54, 1.807) is 81.4 Å². The molecule has 0 radical (unpaired) electrons. The van der Waals surface area contributed by atoms with Gasteiger partial charge < -0.3 is 36.8 Å². The van der Waals surface area contributed by atoms with Crippen molar-refractivity contribution in [1.82, 2.24) is 0 Å². The van der Waals surface area contributed by atoms with E-state index in [2.05, 4.69) is 0 Å². The zero-order chi connectivity index (χ0) is 44.0. The molecule has 14 nitrogen and oxygen atoms in total. The van der Waals surface area contributed by atoms with Crippen LogP contribution in [0.1, 0.15) is 49.9 Å². The molecule has 0 aromatic heterocycles. The van der Waals surface area contributed by atoms with Crippen LogP contribution in [0.2, 0.25) is 0 Å². The summed E-state index contributed by atoms with van der Waals surface area (Å²) in [5.74, 6) is 1.17. The summed E-state index contributed by atoms with van der Waals surface area (Å²) in [5, 5.41) is 0. The number of ether oxygens (including phenoxy) is 6. The Morgan fingerprint density at radius 2 is 1.07 bits per heavy atom. The van der Waals surface area contributed by atoms with Gasteiger partial charge >= 0.3 is 32.2 Å². The second kappa shape index (κ2) is 25.1. The van der Waals surface area contributed by atoms with Crippen LogP contribution in [0, 0.1) is 0 Å². The largest absolute Gasteiger partial charge is 0.493 e. The number of esters is 2. The Morgan fingerprint density at radius 1 is 0.567 bits per heavy atom. The van der Waals surface area contributed by atoms with Crippen LogP contribution in [0.3, 0.4) is 0 Å². The van der Waals surface area contributed by atoms with E-state index in [4.69, 9.17) is 36.8 Å². The third kappa shape index (κ3) is 19.4. The van der Waals surface area contributed by atoms with Gasteiger partial charge in [0.15, 0.2) is 6.10 Å². The van der Waals surface area contributed by atoms with E-state index in [-0.39, 0.29) is 29.8 Å². The number of hydrogen-bond acceptors (Lipinski definition) is 14. The van der Waals surface area contributed by atoms with Crippen molar-refractivity contribution >= 4 is 38.3 Å². The lowest BCUT2D eigenvalue weighted by Crippen LogP contribution is -2.29. The van der Waals surface area contributed by atoms with E-state index < -0.39 is 32.3 Å². The van der Waals surface area contributed by atoms with Crippen molar-refractivity contribution in [2.45, 2.75) is 53.1 Å². The van der Waals surface area contributed by atoms with Gasteiger partial charge in [-0.15, -0.1) is 0 Å². The van der Waals surface area contributed by atoms with Gasteiger partial charge in [-0.25, -0.2) is 9.59 Å². The van der Waals surface area contributed by atoms with E-state index in [1.165, 1.54) is 0 Å². The predicted molar refractivity (Wildman–Crippen MR) is 227 cm³/mol. The summed E-state index contributed by atoms with van der Waals surface area (Å²) in [4.78, 5) is 24.0. The summed E-state index contributed by atoms with van der Waals surface area (Å²) < 4.78 is 86.8. The van der Waals surface area contributed by atoms with Crippen molar-refractivity contribution in [3.63, 3.8) is 0 Å². The monoisotopic (exact) mass is 870 g/mol. The molecule has 0 bridgehead atoms. The number of benzene rings is 4. The average Bonchev–Trinajstić information content (AvgIpc) is 3.19. The van der Waals surface area contributed by atoms with Crippen molar-refractivity contribution in [1.29, 1.82) is 0 Å². The second-order valence-electron chi connectivity index (χ2n) is 12.8. The van der Waals surface area contributed by atoms with Crippen LogP contribution < -0.4 is 17.8 Å². The maximum atomic E-state index is 12.0. The minimum atomic E-state index is -3.54. The third-order valence-electron chi connectivity index (χ3n) is 7.83. The van der Waals surface area contributed by atoms with Crippen LogP contribution in [0.4, 0.5) is 0 Å². The first-order valence-corrected chi connectivity index (χ1v) is 23.0. The molecular weight excluding hydrogens is 817 g/mol. The van der Waals surface area contributed by atoms with Crippen LogP contribution in [-0.4, -0.2) is 87.0 Å². The second-order valence-corrected chi connectivity index (χ2v) is 16.0. The zero-order valence-corrected chi connectivity index (χ0v) is 36.4. The lowest BCUT2D eigenvalue weighted by Gasteiger charge is -2.16. The quantitative estimate of drug-likeness (QED) is 0.0331. The molecule has 0 aliphatic heterocycles. The zero-order valence-electron chi connectivity index (χ0n) is 34.8. The highest BCUT2D eigenvalue weighted by Gasteiger charge is 2.21. The van der Waals surface area contributed by atoms with Crippen LogP contribution in [-0.2, 0) is 68.0 Å². The molecule has 60 heavy (non-hydrogen) atoms. The van der Waals surface area contributed by atoms with Gasteiger partial charge in [-0.3, -0.25) is 0 Å². The molecular formula is C44H54O14S2. The lowest BCUT2D eigenvalue weighted by atomic mass is 10.1. The number of carbonyl (C=O) groups excluding carboxylic acids is 2. The van der Waals surface area contributed by atoms with Crippen LogP contribution in [0.5, 0.6) is 23.0 Å². The highest BCUT2D eigenvalue weighted by molar-refractivity contribution is 7.86. The SMILES string of the molecule is CCOC(=O)C(=Cc1cccc(OCCc2ccc(OS(C)(=O)=O)cc2)c1)OCC.CCOC(=O)C(Cc1cccc(OCCc2ccc(OS(C)(=O)=O)cc2)c1)OCC. The molecule has 0 aliphatic carbocycles. The fraction of sp³-hybridized carbons (Fsp3) is 0.364. The Labute approximate surface area is 353 Å². The molecule has 0 heterocycles. The molecule has 0 saturated heterocycles. The molecule has 4 aromatic carbocycles. The number of rotatable bonds is 23. The fourth-order valence-electron chi connectivity index (χ4n) is 5.33. The number of carbonyl (C=O) groups is 2. The first kappa shape index (κ1) is 48.8. The summed E-state index contributed by atoms with van der Waals surface area (Å²) in [5.41, 5.74) is 3.64. The van der Waals surface area contributed by atoms with Gasteiger partial charge in [0.05, 0.1) is 45.5 Å². The molecule has 0 N–H and O–H groups in total. The average molecular weight is 871 g/mol. The van der Waals surface area contributed by atoms with Gasteiger partial charge in [-0.2, -0.15) is 16.8 Å². The lowest BCUT2D eigenvalue weighted by molar-refractivity contribution is -0.156. The molecule has 4 aromatic rings. The van der Waals surface area contributed by atoms with E-state index in [0.717, 1.165) is 34.8 Å². The minimum absolute atomic E-state index is 0.146. The Morgan fingerprint density at radius 3 is 1.55 bits per heavy atom. The maximum absolute atomic E-state index is 12.0. The van der Waals surface area contributed by atoms with Gasteiger partial charge in [0.1, 0.15) is 23.0 Å². The van der Waals surface area contributed by atoms with Crippen LogP contribution in [0.15, 0.2) is 103 Å². The number of hydrogen-bond donors (Lipinski definition) is 0. The molecule has 4 rings (SSSR count). The van der Waals surface area contributed by atoms with Crippen molar-refractivity contribution in [3.8, 4) is 23.0 Å². The van der Waals surface area contributed by atoms with Gasteiger partial charge in [0, 0.05) is 25.9 Å². The van der Waals surface area contributed by atoms with E-state index in [1.807, 2.05) is 49.4 Å². The first-order chi connectivity index (χ1) is 28.6.